The van der Waals surface area contributed by atoms with Crippen molar-refractivity contribution in [2.45, 2.75) is 9.92 Å². The average molecular weight is 400 g/mol. The van der Waals surface area contributed by atoms with Gasteiger partial charge in [-0.3, -0.25) is 0 Å². The second-order valence-electron chi connectivity index (χ2n) is 6.84. The molecule has 4 heterocycles. The first-order valence-corrected chi connectivity index (χ1v) is 10.0. The van der Waals surface area contributed by atoms with E-state index in [0.717, 1.165) is 47.2 Å². The standard InChI is InChI=1S/C18H18ClN7S/c19-17-14(2-4-21-18(17)26-5-1-3-24-26)27-16-8-22-15(7-23-16)25-9-12-11(6-20)13(12)10-25/h1-5,7-8,11-13H,6,9-10,20H2. The molecule has 0 radical (unpaired) electrons. The summed E-state index contributed by atoms with van der Waals surface area (Å²) in [5, 5.41) is 5.53. The van der Waals surface area contributed by atoms with Gasteiger partial charge in [0, 0.05) is 36.6 Å². The molecule has 2 fully saturated rings. The van der Waals surface area contributed by atoms with Crippen LogP contribution in [0.3, 0.4) is 0 Å². The van der Waals surface area contributed by atoms with Crippen LogP contribution in [0.4, 0.5) is 5.82 Å². The van der Waals surface area contributed by atoms with Crippen LogP contribution in [0.25, 0.3) is 5.82 Å². The summed E-state index contributed by atoms with van der Waals surface area (Å²) in [6.07, 6.45) is 8.87. The maximum absolute atomic E-state index is 6.52. The molecule has 0 spiro atoms. The molecule has 7 nitrogen and oxygen atoms in total. The lowest BCUT2D eigenvalue weighted by atomic mass is 10.2. The maximum atomic E-state index is 6.52. The van der Waals surface area contributed by atoms with Gasteiger partial charge in [-0.2, -0.15) is 5.10 Å². The van der Waals surface area contributed by atoms with Gasteiger partial charge in [0.1, 0.15) is 10.8 Å². The van der Waals surface area contributed by atoms with E-state index in [1.54, 1.807) is 23.3 Å². The predicted molar refractivity (Wildman–Crippen MR) is 104 cm³/mol. The molecule has 1 saturated heterocycles. The Bertz CT molecular complexity index is 935. The fourth-order valence-corrected chi connectivity index (χ4v) is 4.93. The lowest BCUT2D eigenvalue weighted by Gasteiger charge is -2.20. The predicted octanol–water partition coefficient (Wildman–Crippen LogP) is 2.50. The summed E-state index contributed by atoms with van der Waals surface area (Å²) < 4.78 is 1.65. The summed E-state index contributed by atoms with van der Waals surface area (Å²) in [5.41, 5.74) is 5.79. The van der Waals surface area contributed by atoms with E-state index in [1.165, 1.54) is 11.8 Å². The fourth-order valence-electron chi connectivity index (χ4n) is 3.87. The Hall–Kier alpha value is -2.16. The van der Waals surface area contributed by atoms with Crippen molar-refractivity contribution in [2.24, 2.45) is 23.5 Å². The van der Waals surface area contributed by atoms with Gasteiger partial charge in [-0.1, -0.05) is 23.4 Å². The van der Waals surface area contributed by atoms with Crippen molar-refractivity contribution < 1.29 is 0 Å². The smallest absolute Gasteiger partial charge is 0.173 e. The van der Waals surface area contributed by atoms with E-state index in [9.17, 15) is 0 Å². The number of nitrogens with zero attached hydrogens (tertiary/aromatic N) is 6. The normalized spacial score (nSPS) is 23.5. The number of piperidine rings is 1. The molecule has 27 heavy (non-hydrogen) atoms. The number of fused-ring (bicyclic) bond motifs is 1. The monoisotopic (exact) mass is 399 g/mol. The molecule has 2 aliphatic rings. The third kappa shape index (κ3) is 3.07. The van der Waals surface area contributed by atoms with Crippen LogP contribution in [-0.2, 0) is 0 Å². The minimum Gasteiger partial charge on any atom is -0.355 e. The number of hydrogen-bond donors (Lipinski definition) is 1. The summed E-state index contributed by atoms with van der Waals surface area (Å²) in [6.45, 7) is 2.88. The Morgan fingerprint density at radius 3 is 2.67 bits per heavy atom. The van der Waals surface area contributed by atoms with E-state index in [-0.39, 0.29) is 0 Å². The minimum absolute atomic E-state index is 0.546. The zero-order chi connectivity index (χ0) is 18.4. The Morgan fingerprint density at radius 2 is 2.00 bits per heavy atom. The fraction of sp³-hybridized carbons (Fsp3) is 0.333. The van der Waals surface area contributed by atoms with Crippen LogP contribution in [0, 0.1) is 17.8 Å². The number of halogens is 1. The van der Waals surface area contributed by atoms with Gasteiger partial charge in [-0.25, -0.2) is 19.6 Å². The third-order valence-corrected chi connectivity index (χ3v) is 6.82. The van der Waals surface area contributed by atoms with Gasteiger partial charge < -0.3 is 10.6 Å². The van der Waals surface area contributed by atoms with E-state index in [4.69, 9.17) is 17.3 Å². The van der Waals surface area contributed by atoms with Crippen LogP contribution in [-0.4, -0.2) is 44.4 Å². The van der Waals surface area contributed by atoms with Crippen molar-refractivity contribution >= 4 is 29.2 Å². The summed E-state index contributed by atoms with van der Waals surface area (Å²) in [5.74, 6) is 3.72. The number of pyridine rings is 1. The average Bonchev–Trinajstić information content (AvgIpc) is 3.09. The van der Waals surface area contributed by atoms with Gasteiger partial charge in [0.15, 0.2) is 5.82 Å². The molecule has 1 aliphatic carbocycles. The van der Waals surface area contributed by atoms with E-state index in [0.29, 0.717) is 16.8 Å². The molecule has 3 aromatic rings. The molecule has 0 amide bonds. The van der Waals surface area contributed by atoms with Crippen LogP contribution in [0.15, 0.2) is 53.0 Å². The van der Waals surface area contributed by atoms with E-state index in [2.05, 4.69) is 25.0 Å². The number of aromatic nitrogens is 5. The van der Waals surface area contributed by atoms with Crippen molar-refractivity contribution in [2.75, 3.05) is 24.5 Å². The minimum atomic E-state index is 0.546. The van der Waals surface area contributed by atoms with Crippen LogP contribution < -0.4 is 10.6 Å². The van der Waals surface area contributed by atoms with Crippen molar-refractivity contribution in [1.82, 2.24) is 24.7 Å². The molecule has 138 valence electrons. The molecule has 9 heteroatoms. The van der Waals surface area contributed by atoms with Crippen LogP contribution in [0.1, 0.15) is 0 Å². The largest absolute Gasteiger partial charge is 0.355 e. The molecular formula is C18H18ClN7S. The van der Waals surface area contributed by atoms with Crippen LogP contribution >= 0.6 is 23.4 Å². The number of nitrogens with two attached hydrogens (primary N) is 1. The summed E-state index contributed by atoms with van der Waals surface area (Å²) in [4.78, 5) is 16.7. The Morgan fingerprint density at radius 1 is 1.15 bits per heavy atom. The van der Waals surface area contributed by atoms with Gasteiger partial charge in [0.05, 0.1) is 17.4 Å². The van der Waals surface area contributed by atoms with E-state index >= 15 is 0 Å². The van der Waals surface area contributed by atoms with Gasteiger partial charge in [0.2, 0.25) is 0 Å². The Kier molecular flexibility index (Phi) is 4.26. The zero-order valence-electron chi connectivity index (χ0n) is 14.4. The first-order valence-electron chi connectivity index (χ1n) is 8.84. The van der Waals surface area contributed by atoms with Gasteiger partial charge in [-0.15, -0.1) is 0 Å². The molecule has 0 aromatic carbocycles. The SMILES string of the molecule is NCC1C2CN(c3cnc(Sc4ccnc(-n5cccn5)c4Cl)cn3)CC12. The zero-order valence-corrected chi connectivity index (χ0v) is 16.0. The van der Waals surface area contributed by atoms with Crippen molar-refractivity contribution in [3.05, 3.63) is 48.1 Å². The van der Waals surface area contributed by atoms with Crippen molar-refractivity contribution in [1.29, 1.82) is 0 Å². The summed E-state index contributed by atoms with van der Waals surface area (Å²) in [7, 11) is 0. The first-order chi connectivity index (χ1) is 13.2. The number of hydrogen-bond acceptors (Lipinski definition) is 7. The van der Waals surface area contributed by atoms with Crippen LogP contribution in [0.2, 0.25) is 5.02 Å². The highest BCUT2D eigenvalue weighted by Gasteiger charge is 2.54. The highest BCUT2D eigenvalue weighted by Crippen LogP contribution is 2.51. The quantitative estimate of drug-likeness (QED) is 0.705. The first kappa shape index (κ1) is 17.0. The lowest BCUT2D eigenvalue weighted by molar-refractivity contribution is 0.642. The molecule has 0 bridgehead atoms. The molecule has 2 unspecified atom stereocenters. The highest BCUT2D eigenvalue weighted by molar-refractivity contribution is 7.99. The molecule has 3 aromatic heterocycles. The Balaban J connectivity index is 1.30. The third-order valence-electron chi connectivity index (χ3n) is 5.35. The summed E-state index contributed by atoms with van der Waals surface area (Å²) in [6, 6.07) is 3.70. The molecule has 5 rings (SSSR count). The van der Waals surface area contributed by atoms with Crippen molar-refractivity contribution in [3.63, 3.8) is 0 Å². The second kappa shape index (κ2) is 6.78. The molecular weight excluding hydrogens is 382 g/mol. The molecule has 1 aliphatic heterocycles. The van der Waals surface area contributed by atoms with E-state index < -0.39 is 0 Å². The molecule has 1 saturated carbocycles. The Labute approximate surface area is 166 Å². The number of anilines is 1. The van der Waals surface area contributed by atoms with Gasteiger partial charge in [0.25, 0.3) is 0 Å². The molecule has 2 N–H and O–H groups in total. The summed E-state index contributed by atoms with van der Waals surface area (Å²) >= 11 is 7.99. The molecule has 2 atom stereocenters. The number of rotatable bonds is 5. The lowest BCUT2D eigenvalue weighted by Crippen LogP contribution is -2.26. The van der Waals surface area contributed by atoms with E-state index in [1.807, 2.05) is 24.5 Å². The van der Waals surface area contributed by atoms with Gasteiger partial charge in [-0.05, 0) is 36.4 Å². The highest BCUT2D eigenvalue weighted by atomic mass is 35.5. The van der Waals surface area contributed by atoms with Gasteiger partial charge >= 0.3 is 0 Å². The maximum Gasteiger partial charge on any atom is 0.173 e. The topological polar surface area (TPSA) is 85.8 Å². The van der Waals surface area contributed by atoms with Crippen LogP contribution in [0.5, 0.6) is 0 Å². The second-order valence-corrected chi connectivity index (χ2v) is 8.28. The van der Waals surface area contributed by atoms with Crippen molar-refractivity contribution in [3.8, 4) is 5.82 Å².